The molecule has 0 spiro atoms. The third kappa shape index (κ3) is 4.45. The van der Waals surface area contributed by atoms with Gasteiger partial charge in [-0.1, -0.05) is 18.1 Å². The first-order chi connectivity index (χ1) is 8.74. The summed E-state index contributed by atoms with van der Waals surface area (Å²) in [4.78, 5) is 11.8. The molecule has 102 valence electrons. The van der Waals surface area contributed by atoms with Crippen molar-refractivity contribution in [3.05, 3.63) is 11.6 Å². The van der Waals surface area contributed by atoms with Gasteiger partial charge < -0.3 is 10.4 Å². The average molecular weight is 251 g/mol. The molecule has 2 aliphatic rings. The average Bonchev–Trinajstić information content (AvgIpc) is 2.38. The van der Waals surface area contributed by atoms with E-state index in [9.17, 15) is 9.90 Å². The van der Waals surface area contributed by atoms with Gasteiger partial charge in [0.05, 0.1) is 6.10 Å². The van der Waals surface area contributed by atoms with E-state index in [2.05, 4.69) is 11.4 Å². The molecule has 2 aliphatic carbocycles. The first-order valence-electron chi connectivity index (χ1n) is 7.36. The number of aliphatic hydroxyl groups is 1. The van der Waals surface area contributed by atoms with Gasteiger partial charge in [-0.25, -0.2) is 0 Å². The molecule has 0 aromatic heterocycles. The zero-order chi connectivity index (χ0) is 12.8. The Balaban J connectivity index is 1.66. The number of aliphatic hydroxyl groups excluding tert-OH is 1. The number of nitrogens with one attached hydrogen (secondary N) is 1. The molecule has 1 amide bonds. The predicted octanol–water partition coefficient (Wildman–Crippen LogP) is 2.54. The van der Waals surface area contributed by atoms with Gasteiger partial charge in [0, 0.05) is 13.0 Å². The van der Waals surface area contributed by atoms with E-state index >= 15 is 0 Å². The van der Waals surface area contributed by atoms with Crippen LogP contribution in [0.5, 0.6) is 0 Å². The Morgan fingerprint density at radius 3 is 2.94 bits per heavy atom. The third-order valence-corrected chi connectivity index (χ3v) is 4.12. The van der Waals surface area contributed by atoms with Crippen molar-refractivity contribution in [3.8, 4) is 0 Å². The molecule has 0 aromatic rings. The topological polar surface area (TPSA) is 49.3 Å². The van der Waals surface area contributed by atoms with Crippen LogP contribution in [-0.2, 0) is 4.79 Å². The number of hydrogen-bond acceptors (Lipinski definition) is 2. The minimum Gasteiger partial charge on any atom is -0.393 e. The Morgan fingerprint density at radius 1 is 1.33 bits per heavy atom. The minimum atomic E-state index is -0.151. The fourth-order valence-electron chi connectivity index (χ4n) is 3.04. The molecule has 1 saturated carbocycles. The van der Waals surface area contributed by atoms with Crippen molar-refractivity contribution in [2.24, 2.45) is 5.92 Å². The number of carbonyl (C=O) groups is 1. The Kier molecular flexibility index (Phi) is 5.24. The Bertz CT molecular complexity index is 312. The Morgan fingerprint density at radius 2 is 2.22 bits per heavy atom. The summed E-state index contributed by atoms with van der Waals surface area (Å²) in [5.74, 6) is 0.626. The predicted molar refractivity (Wildman–Crippen MR) is 72.1 cm³/mol. The van der Waals surface area contributed by atoms with Gasteiger partial charge in [-0.05, 0) is 50.9 Å². The maximum Gasteiger partial charge on any atom is 0.224 e. The van der Waals surface area contributed by atoms with Crippen molar-refractivity contribution in [2.45, 2.75) is 63.9 Å². The van der Waals surface area contributed by atoms with Crippen molar-refractivity contribution in [1.29, 1.82) is 0 Å². The standard InChI is InChI=1S/C15H25NO2/c17-14-8-4-7-13(9-14)11-16-15(18)10-12-5-2-1-3-6-12/h5,13-14,17H,1-4,6-11H2,(H,16,18). The second-order valence-electron chi connectivity index (χ2n) is 5.78. The fraction of sp³-hybridized carbons (Fsp3) is 0.800. The lowest BCUT2D eigenvalue weighted by Crippen LogP contribution is -2.33. The number of hydrogen-bond donors (Lipinski definition) is 2. The summed E-state index contributed by atoms with van der Waals surface area (Å²) < 4.78 is 0. The molecule has 0 bridgehead atoms. The number of amides is 1. The molecule has 18 heavy (non-hydrogen) atoms. The molecule has 0 heterocycles. The van der Waals surface area contributed by atoms with Gasteiger partial charge in [-0.15, -0.1) is 0 Å². The molecular formula is C15H25NO2. The van der Waals surface area contributed by atoms with E-state index in [0.717, 1.165) is 45.1 Å². The molecule has 3 nitrogen and oxygen atoms in total. The van der Waals surface area contributed by atoms with E-state index in [0.29, 0.717) is 12.3 Å². The third-order valence-electron chi connectivity index (χ3n) is 4.12. The summed E-state index contributed by atoms with van der Waals surface area (Å²) in [6.07, 6.45) is 11.4. The Hall–Kier alpha value is -0.830. The van der Waals surface area contributed by atoms with Gasteiger partial charge in [0.1, 0.15) is 0 Å². The molecule has 2 atom stereocenters. The maximum absolute atomic E-state index is 11.8. The monoisotopic (exact) mass is 251 g/mol. The number of carbonyl (C=O) groups excluding carboxylic acids is 1. The lowest BCUT2D eigenvalue weighted by atomic mass is 9.87. The van der Waals surface area contributed by atoms with Crippen LogP contribution < -0.4 is 5.32 Å². The lowest BCUT2D eigenvalue weighted by Gasteiger charge is -2.26. The molecule has 2 N–H and O–H groups in total. The zero-order valence-corrected chi connectivity index (χ0v) is 11.2. The molecule has 0 aromatic carbocycles. The van der Waals surface area contributed by atoms with Crippen molar-refractivity contribution < 1.29 is 9.90 Å². The van der Waals surface area contributed by atoms with Gasteiger partial charge in [0.2, 0.25) is 5.91 Å². The zero-order valence-electron chi connectivity index (χ0n) is 11.2. The highest BCUT2D eigenvalue weighted by Gasteiger charge is 2.20. The summed E-state index contributed by atoms with van der Waals surface area (Å²) in [6.45, 7) is 0.739. The Labute approximate surface area is 110 Å². The summed E-state index contributed by atoms with van der Waals surface area (Å²) in [5.41, 5.74) is 1.31. The molecule has 2 rings (SSSR count). The number of allylic oxidation sites excluding steroid dienone is 1. The van der Waals surface area contributed by atoms with Crippen molar-refractivity contribution in [1.82, 2.24) is 5.32 Å². The van der Waals surface area contributed by atoms with Gasteiger partial charge in [-0.3, -0.25) is 4.79 Å². The second-order valence-corrected chi connectivity index (χ2v) is 5.78. The molecule has 1 fully saturated rings. The van der Waals surface area contributed by atoms with Gasteiger partial charge in [0.15, 0.2) is 0 Å². The van der Waals surface area contributed by atoms with Crippen LogP contribution in [0.3, 0.4) is 0 Å². The SMILES string of the molecule is O=C(CC1=CCCCC1)NCC1CCCC(O)C1. The van der Waals surface area contributed by atoms with Crippen molar-refractivity contribution >= 4 is 5.91 Å². The van der Waals surface area contributed by atoms with Crippen LogP contribution in [0.1, 0.15) is 57.8 Å². The normalized spacial score (nSPS) is 28.6. The van der Waals surface area contributed by atoms with Crippen molar-refractivity contribution in [2.75, 3.05) is 6.54 Å². The van der Waals surface area contributed by atoms with E-state index in [1.807, 2.05) is 0 Å². The first-order valence-corrected chi connectivity index (χ1v) is 7.36. The van der Waals surface area contributed by atoms with Crippen LogP contribution in [-0.4, -0.2) is 23.7 Å². The van der Waals surface area contributed by atoms with Crippen LogP contribution in [0, 0.1) is 5.92 Å². The molecule has 3 heteroatoms. The fourth-order valence-corrected chi connectivity index (χ4v) is 3.04. The first kappa shape index (κ1) is 13.6. The molecule has 0 aliphatic heterocycles. The highest BCUT2D eigenvalue weighted by molar-refractivity contribution is 5.78. The summed E-state index contributed by atoms with van der Waals surface area (Å²) in [5, 5.41) is 12.6. The minimum absolute atomic E-state index is 0.151. The van der Waals surface area contributed by atoms with Gasteiger partial charge >= 0.3 is 0 Å². The second kappa shape index (κ2) is 6.93. The van der Waals surface area contributed by atoms with Crippen LogP contribution in [0.4, 0.5) is 0 Å². The summed E-state index contributed by atoms with van der Waals surface area (Å²) >= 11 is 0. The quantitative estimate of drug-likeness (QED) is 0.754. The van der Waals surface area contributed by atoms with Gasteiger partial charge in [0.25, 0.3) is 0 Å². The van der Waals surface area contributed by atoms with Crippen LogP contribution in [0.15, 0.2) is 11.6 Å². The van der Waals surface area contributed by atoms with Crippen LogP contribution in [0.25, 0.3) is 0 Å². The summed E-state index contributed by atoms with van der Waals surface area (Å²) in [7, 11) is 0. The highest BCUT2D eigenvalue weighted by atomic mass is 16.3. The van der Waals surface area contributed by atoms with Crippen LogP contribution >= 0.6 is 0 Å². The van der Waals surface area contributed by atoms with E-state index in [-0.39, 0.29) is 12.0 Å². The maximum atomic E-state index is 11.8. The number of rotatable bonds is 4. The highest BCUT2D eigenvalue weighted by Crippen LogP contribution is 2.24. The van der Waals surface area contributed by atoms with E-state index in [4.69, 9.17) is 0 Å². The molecular weight excluding hydrogens is 226 g/mol. The summed E-state index contributed by atoms with van der Waals surface area (Å²) in [6, 6.07) is 0. The van der Waals surface area contributed by atoms with Gasteiger partial charge in [-0.2, -0.15) is 0 Å². The van der Waals surface area contributed by atoms with Crippen LogP contribution in [0.2, 0.25) is 0 Å². The molecule has 0 saturated heterocycles. The smallest absolute Gasteiger partial charge is 0.224 e. The van der Waals surface area contributed by atoms with E-state index in [1.165, 1.54) is 18.4 Å². The molecule has 0 radical (unpaired) electrons. The molecule has 2 unspecified atom stereocenters. The largest absolute Gasteiger partial charge is 0.393 e. The van der Waals surface area contributed by atoms with E-state index < -0.39 is 0 Å². The lowest BCUT2D eigenvalue weighted by molar-refractivity contribution is -0.120. The van der Waals surface area contributed by atoms with Crippen molar-refractivity contribution in [3.63, 3.8) is 0 Å². The van der Waals surface area contributed by atoms with E-state index in [1.54, 1.807) is 0 Å².